The minimum Gasteiger partial charge on any atom is -0.506 e. The van der Waals surface area contributed by atoms with Crippen LogP contribution in [0, 0.1) is 11.3 Å². The summed E-state index contributed by atoms with van der Waals surface area (Å²) in [5, 5.41) is 23.6. The normalized spacial score (nSPS) is 9.71. The lowest BCUT2D eigenvalue weighted by Crippen LogP contribution is -2.20. The number of rotatable bonds is 3. The highest BCUT2D eigenvalue weighted by Gasteiger charge is 2.09. The molecule has 6 heteroatoms. The van der Waals surface area contributed by atoms with Crippen LogP contribution in [0.15, 0.2) is 42.5 Å². The maximum atomic E-state index is 11.9. The quantitative estimate of drug-likeness (QED) is 0.647. The fourth-order valence-corrected chi connectivity index (χ4v) is 1.80. The number of anilines is 2. The van der Waals surface area contributed by atoms with E-state index in [1.807, 2.05) is 18.2 Å². The Balaban J connectivity index is 2.10. The maximum absolute atomic E-state index is 11.9. The van der Waals surface area contributed by atoms with E-state index in [0.717, 1.165) is 5.56 Å². The summed E-state index contributed by atoms with van der Waals surface area (Å²) in [4.78, 5) is 11.9. The highest BCUT2D eigenvalue weighted by molar-refractivity contribution is 6.01. The molecule has 2 rings (SSSR count). The zero-order chi connectivity index (χ0) is 15.2. The van der Waals surface area contributed by atoms with Gasteiger partial charge in [0.1, 0.15) is 5.75 Å². The van der Waals surface area contributed by atoms with Gasteiger partial charge in [-0.1, -0.05) is 18.2 Å². The second kappa shape index (κ2) is 6.41. The van der Waals surface area contributed by atoms with Crippen molar-refractivity contribution in [2.24, 2.45) is 5.73 Å². The van der Waals surface area contributed by atoms with Gasteiger partial charge in [-0.15, -0.1) is 0 Å². The number of urea groups is 1. The number of nitriles is 1. The molecule has 0 aliphatic rings. The van der Waals surface area contributed by atoms with Crippen molar-refractivity contribution in [2.75, 3.05) is 10.6 Å². The Hall–Kier alpha value is -3.04. The van der Waals surface area contributed by atoms with Crippen LogP contribution in [-0.4, -0.2) is 11.1 Å². The summed E-state index contributed by atoms with van der Waals surface area (Å²) in [5.41, 5.74) is 7.53. The Morgan fingerprint density at radius 1 is 1.19 bits per heavy atom. The highest BCUT2D eigenvalue weighted by Crippen LogP contribution is 2.24. The third-order valence-corrected chi connectivity index (χ3v) is 2.86. The third kappa shape index (κ3) is 3.49. The van der Waals surface area contributed by atoms with Gasteiger partial charge < -0.3 is 21.5 Å². The molecule has 0 unspecified atom stereocenters. The van der Waals surface area contributed by atoms with Crippen LogP contribution in [0.25, 0.3) is 0 Å². The molecule has 0 radical (unpaired) electrons. The Labute approximate surface area is 121 Å². The first-order chi connectivity index (χ1) is 10.1. The van der Waals surface area contributed by atoms with Gasteiger partial charge in [-0.3, -0.25) is 0 Å². The number of nitrogens with zero attached hydrogens (tertiary/aromatic N) is 1. The van der Waals surface area contributed by atoms with Gasteiger partial charge in [-0.2, -0.15) is 5.26 Å². The second-order valence-electron chi connectivity index (χ2n) is 4.28. The van der Waals surface area contributed by atoms with Gasteiger partial charge in [0.05, 0.1) is 17.3 Å². The number of phenolic OH excluding ortho intramolecular Hbond substituents is 1. The summed E-state index contributed by atoms with van der Waals surface area (Å²) >= 11 is 0. The molecule has 0 saturated heterocycles. The van der Waals surface area contributed by atoms with Gasteiger partial charge in [0.2, 0.25) is 0 Å². The number of benzene rings is 2. The number of aromatic hydroxyl groups is 1. The number of carbonyl (C=O) groups excluding carboxylic acids is 1. The fraction of sp³-hybridized carbons (Fsp3) is 0.0667. The first-order valence-electron chi connectivity index (χ1n) is 6.23. The molecule has 106 valence electrons. The summed E-state index contributed by atoms with van der Waals surface area (Å²) < 4.78 is 0. The molecule has 5 N–H and O–H groups in total. The molecule has 21 heavy (non-hydrogen) atoms. The summed E-state index contributed by atoms with van der Waals surface area (Å²) in [6.45, 7) is 0.304. The van der Waals surface area contributed by atoms with Crippen LogP contribution in [0.2, 0.25) is 0 Å². The molecule has 0 aliphatic carbocycles. The van der Waals surface area contributed by atoms with Gasteiger partial charge in [-0.25, -0.2) is 4.79 Å². The van der Waals surface area contributed by atoms with E-state index < -0.39 is 6.03 Å². The van der Waals surface area contributed by atoms with Crippen LogP contribution in [-0.2, 0) is 6.54 Å². The smallest absolute Gasteiger partial charge is 0.323 e. The molecule has 0 aliphatic heterocycles. The van der Waals surface area contributed by atoms with E-state index in [-0.39, 0.29) is 11.4 Å². The van der Waals surface area contributed by atoms with Crippen LogP contribution < -0.4 is 16.4 Å². The van der Waals surface area contributed by atoms with Crippen molar-refractivity contribution in [3.63, 3.8) is 0 Å². The summed E-state index contributed by atoms with van der Waals surface area (Å²) in [5.74, 6) is -0.170. The average molecular weight is 282 g/mol. The fourth-order valence-electron chi connectivity index (χ4n) is 1.80. The van der Waals surface area contributed by atoms with Crippen molar-refractivity contribution in [3.05, 3.63) is 53.6 Å². The van der Waals surface area contributed by atoms with Gasteiger partial charge in [0.15, 0.2) is 0 Å². The number of hydrogen-bond donors (Lipinski definition) is 4. The topological polar surface area (TPSA) is 111 Å². The molecule has 0 spiro atoms. The monoisotopic (exact) mass is 282 g/mol. The number of carbonyl (C=O) groups is 1. The molecule has 2 aromatic carbocycles. The van der Waals surface area contributed by atoms with Gasteiger partial charge in [0.25, 0.3) is 0 Å². The van der Waals surface area contributed by atoms with Crippen molar-refractivity contribution >= 4 is 17.4 Å². The Morgan fingerprint density at radius 3 is 2.57 bits per heavy atom. The van der Waals surface area contributed by atoms with Gasteiger partial charge in [-0.05, 0) is 29.8 Å². The Bertz CT molecular complexity index is 707. The molecule has 0 atom stereocenters. The second-order valence-corrected chi connectivity index (χ2v) is 4.28. The van der Waals surface area contributed by atoms with Crippen molar-refractivity contribution in [1.82, 2.24) is 0 Å². The van der Waals surface area contributed by atoms with Crippen LogP contribution in [0.3, 0.4) is 0 Å². The average Bonchev–Trinajstić information content (AvgIpc) is 2.49. The Kier molecular flexibility index (Phi) is 4.39. The number of hydrogen-bond acceptors (Lipinski definition) is 4. The summed E-state index contributed by atoms with van der Waals surface area (Å²) in [6, 6.07) is 12.8. The molecule has 0 heterocycles. The SMILES string of the molecule is N#Cc1ccc(NC(=O)Nc2ccccc2CN)c(O)c1. The zero-order valence-electron chi connectivity index (χ0n) is 11.1. The van der Waals surface area contributed by atoms with E-state index in [4.69, 9.17) is 11.0 Å². The number of para-hydroxylation sites is 1. The minimum atomic E-state index is -0.504. The predicted molar refractivity (Wildman–Crippen MR) is 79.8 cm³/mol. The lowest BCUT2D eigenvalue weighted by atomic mass is 10.2. The molecular formula is C15H14N4O2. The molecule has 0 aromatic heterocycles. The number of phenols is 1. The molecule has 6 nitrogen and oxygen atoms in total. The van der Waals surface area contributed by atoms with E-state index >= 15 is 0 Å². The van der Waals surface area contributed by atoms with Gasteiger partial charge in [0, 0.05) is 12.2 Å². The molecule has 0 fully saturated rings. The maximum Gasteiger partial charge on any atom is 0.323 e. The van der Waals surface area contributed by atoms with Crippen molar-refractivity contribution < 1.29 is 9.90 Å². The number of amides is 2. The lowest BCUT2D eigenvalue weighted by molar-refractivity contribution is 0.262. The third-order valence-electron chi connectivity index (χ3n) is 2.86. The van der Waals surface area contributed by atoms with E-state index in [1.54, 1.807) is 12.1 Å². The van der Waals surface area contributed by atoms with Crippen molar-refractivity contribution in [3.8, 4) is 11.8 Å². The molecule has 0 saturated carbocycles. The zero-order valence-corrected chi connectivity index (χ0v) is 11.1. The molecular weight excluding hydrogens is 268 g/mol. The largest absolute Gasteiger partial charge is 0.506 e. The molecule has 2 amide bonds. The van der Waals surface area contributed by atoms with Crippen molar-refractivity contribution in [1.29, 1.82) is 5.26 Å². The first kappa shape index (κ1) is 14.4. The number of nitrogens with one attached hydrogen (secondary N) is 2. The van der Waals surface area contributed by atoms with Crippen LogP contribution in [0.5, 0.6) is 5.75 Å². The van der Waals surface area contributed by atoms with E-state index in [0.29, 0.717) is 17.8 Å². The molecule has 2 aromatic rings. The summed E-state index contributed by atoms with van der Waals surface area (Å²) in [7, 11) is 0. The van der Waals surface area contributed by atoms with E-state index in [1.165, 1.54) is 18.2 Å². The van der Waals surface area contributed by atoms with E-state index in [2.05, 4.69) is 10.6 Å². The number of nitrogens with two attached hydrogens (primary N) is 1. The highest BCUT2D eigenvalue weighted by atomic mass is 16.3. The minimum absolute atomic E-state index is 0.170. The van der Waals surface area contributed by atoms with Crippen LogP contribution in [0.4, 0.5) is 16.2 Å². The standard InChI is InChI=1S/C15H14N4O2/c16-8-10-5-6-13(14(20)7-10)19-15(21)18-12-4-2-1-3-11(12)9-17/h1-7,20H,9,17H2,(H2,18,19,21). The van der Waals surface area contributed by atoms with Crippen LogP contribution >= 0.6 is 0 Å². The first-order valence-corrected chi connectivity index (χ1v) is 6.23. The van der Waals surface area contributed by atoms with Gasteiger partial charge >= 0.3 is 6.03 Å². The molecule has 0 bridgehead atoms. The van der Waals surface area contributed by atoms with Crippen molar-refractivity contribution in [2.45, 2.75) is 6.54 Å². The van der Waals surface area contributed by atoms with E-state index in [9.17, 15) is 9.90 Å². The summed E-state index contributed by atoms with van der Waals surface area (Å²) in [6.07, 6.45) is 0. The Morgan fingerprint density at radius 2 is 1.90 bits per heavy atom. The van der Waals surface area contributed by atoms with Crippen LogP contribution in [0.1, 0.15) is 11.1 Å². The lowest BCUT2D eigenvalue weighted by Gasteiger charge is -2.11. The predicted octanol–water partition coefficient (Wildman–Crippen LogP) is 2.37.